The molecule has 22 heavy (non-hydrogen) atoms. The maximum atomic E-state index is 13.8. The van der Waals surface area contributed by atoms with Crippen molar-refractivity contribution < 1.29 is 17.9 Å². The molecule has 1 unspecified atom stereocenters. The third-order valence-electron chi connectivity index (χ3n) is 4.03. The van der Waals surface area contributed by atoms with Crippen LogP contribution in [0.1, 0.15) is 24.8 Å². The molecule has 1 aromatic carbocycles. The summed E-state index contributed by atoms with van der Waals surface area (Å²) in [6.07, 6.45) is 3.06. The number of aliphatic hydroxyl groups excluding tert-OH is 1. The highest BCUT2D eigenvalue weighted by molar-refractivity contribution is 7.89. The molecule has 5 nitrogen and oxygen atoms in total. The molecule has 1 aromatic rings. The van der Waals surface area contributed by atoms with Crippen molar-refractivity contribution in [1.82, 2.24) is 9.62 Å². The highest BCUT2D eigenvalue weighted by Gasteiger charge is 2.23. The van der Waals surface area contributed by atoms with E-state index in [0.29, 0.717) is 12.1 Å². The second-order valence-electron chi connectivity index (χ2n) is 5.70. The summed E-state index contributed by atoms with van der Waals surface area (Å²) in [4.78, 5) is 1.76. The van der Waals surface area contributed by atoms with Crippen LogP contribution in [-0.4, -0.2) is 50.7 Å². The van der Waals surface area contributed by atoms with Crippen LogP contribution < -0.4 is 4.72 Å². The summed E-state index contributed by atoms with van der Waals surface area (Å²) in [6, 6.07) is 4.16. The van der Waals surface area contributed by atoms with Gasteiger partial charge in [-0.1, -0.05) is 12.5 Å². The van der Waals surface area contributed by atoms with E-state index in [2.05, 4.69) is 9.62 Å². The van der Waals surface area contributed by atoms with Crippen LogP contribution in [0.15, 0.2) is 23.1 Å². The molecule has 0 saturated carbocycles. The molecule has 0 bridgehead atoms. The Balaban J connectivity index is 1.95. The van der Waals surface area contributed by atoms with Gasteiger partial charge in [0.05, 0.1) is 6.61 Å². The molecule has 1 atom stereocenters. The van der Waals surface area contributed by atoms with Crippen LogP contribution in [0.3, 0.4) is 0 Å². The lowest BCUT2D eigenvalue weighted by molar-refractivity contribution is 0.0923. The van der Waals surface area contributed by atoms with E-state index in [1.807, 2.05) is 0 Å². The quantitative estimate of drug-likeness (QED) is 0.824. The van der Waals surface area contributed by atoms with E-state index in [1.54, 1.807) is 13.0 Å². The standard InChI is InChI=1S/C15H23FN2O3S/c1-12-5-6-15(14(16)10-12)22(20,21)17-7-9-18-8-3-2-4-13(18)11-19/h5-6,10,13,17,19H,2-4,7-9,11H2,1H3. The zero-order chi connectivity index (χ0) is 16.2. The largest absolute Gasteiger partial charge is 0.395 e. The number of hydrogen-bond donors (Lipinski definition) is 2. The molecule has 1 heterocycles. The Morgan fingerprint density at radius 3 is 2.86 bits per heavy atom. The summed E-state index contributed by atoms with van der Waals surface area (Å²) >= 11 is 0. The topological polar surface area (TPSA) is 69.6 Å². The van der Waals surface area contributed by atoms with Crippen molar-refractivity contribution in [3.8, 4) is 0 Å². The van der Waals surface area contributed by atoms with Gasteiger partial charge in [0.15, 0.2) is 0 Å². The van der Waals surface area contributed by atoms with Crippen LogP contribution in [0.4, 0.5) is 4.39 Å². The monoisotopic (exact) mass is 330 g/mol. The maximum absolute atomic E-state index is 13.8. The normalized spacial score (nSPS) is 20.2. The van der Waals surface area contributed by atoms with Gasteiger partial charge in [-0.3, -0.25) is 4.90 Å². The van der Waals surface area contributed by atoms with Crippen LogP contribution in [0.5, 0.6) is 0 Å². The Morgan fingerprint density at radius 2 is 2.18 bits per heavy atom. The maximum Gasteiger partial charge on any atom is 0.243 e. The first-order valence-electron chi connectivity index (χ1n) is 7.55. The van der Waals surface area contributed by atoms with Crippen molar-refractivity contribution in [3.63, 3.8) is 0 Å². The van der Waals surface area contributed by atoms with E-state index in [9.17, 15) is 17.9 Å². The van der Waals surface area contributed by atoms with Crippen LogP contribution >= 0.6 is 0 Å². The molecular formula is C15H23FN2O3S. The highest BCUT2D eigenvalue weighted by Crippen LogP contribution is 2.17. The van der Waals surface area contributed by atoms with Crippen LogP contribution in [0, 0.1) is 12.7 Å². The van der Waals surface area contributed by atoms with E-state index in [4.69, 9.17) is 0 Å². The second kappa shape index (κ2) is 7.50. The van der Waals surface area contributed by atoms with Gasteiger partial charge in [0.1, 0.15) is 10.7 Å². The third-order valence-corrected chi connectivity index (χ3v) is 5.52. The summed E-state index contributed by atoms with van der Waals surface area (Å²) in [6.45, 7) is 3.35. The molecule has 0 radical (unpaired) electrons. The van der Waals surface area contributed by atoms with Gasteiger partial charge < -0.3 is 5.11 Å². The fourth-order valence-corrected chi connectivity index (χ4v) is 3.86. The molecule has 1 saturated heterocycles. The number of rotatable bonds is 6. The van der Waals surface area contributed by atoms with E-state index in [1.165, 1.54) is 12.1 Å². The first-order valence-corrected chi connectivity index (χ1v) is 9.03. The van der Waals surface area contributed by atoms with E-state index < -0.39 is 15.8 Å². The molecule has 124 valence electrons. The first-order chi connectivity index (χ1) is 10.4. The lowest BCUT2D eigenvalue weighted by atomic mass is 10.0. The lowest BCUT2D eigenvalue weighted by Crippen LogP contribution is -2.45. The number of nitrogens with zero attached hydrogens (tertiary/aromatic N) is 1. The molecule has 1 aliphatic rings. The third kappa shape index (κ3) is 4.25. The number of aliphatic hydroxyl groups is 1. The van der Waals surface area contributed by atoms with Crippen molar-refractivity contribution in [2.75, 3.05) is 26.2 Å². The Labute approximate surface area is 131 Å². The van der Waals surface area contributed by atoms with Crippen molar-refractivity contribution in [2.24, 2.45) is 0 Å². The first kappa shape index (κ1) is 17.3. The molecule has 0 aromatic heterocycles. The number of likely N-dealkylation sites (tertiary alicyclic amines) is 1. The SMILES string of the molecule is Cc1ccc(S(=O)(=O)NCCN2CCCCC2CO)c(F)c1. The number of aryl methyl sites for hydroxylation is 1. The summed E-state index contributed by atoms with van der Waals surface area (Å²) in [5, 5.41) is 9.33. The highest BCUT2D eigenvalue weighted by atomic mass is 32.2. The molecule has 0 aliphatic carbocycles. The summed E-state index contributed by atoms with van der Waals surface area (Å²) in [7, 11) is -3.85. The Morgan fingerprint density at radius 1 is 1.41 bits per heavy atom. The Hall–Kier alpha value is -1.02. The fourth-order valence-electron chi connectivity index (χ4n) is 2.79. The average Bonchev–Trinajstić information content (AvgIpc) is 2.47. The predicted molar refractivity (Wildman–Crippen MR) is 82.6 cm³/mol. The van der Waals surface area contributed by atoms with Gasteiger partial charge in [0, 0.05) is 19.1 Å². The minimum atomic E-state index is -3.85. The Bertz CT molecular complexity index is 607. The summed E-state index contributed by atoms with van der Waals surface area (Å²) in [5.41, 5.74) is 0.676. The molecule has 0 amide bonds. The molecule has 7 heteroatoms. The number of halogens is 1. The predicted octanol–water partition coefficient (Wildman–Crippen LogP) is 1.26. The zero-order valence-electron chi connectivity index (χ0n) is 12.8. The van der Waals surface area contributed by atoms with Crippen molar-refractivity contribution in [3.05, 3.63) is 29.6 Å². The number of benzene rings is 1. The van der Waals surface area contributed by atoms with Gasteiger partial charge in [-0.15, -0.1) is 0 Å². The second-order valence-corrected chi connectivity index (χ2v) is 7.44. The number of piperidine rings is 1. The lowest BCUT2D eigenvalue weighted by Gasteiger charge is -2.34. The van der Waals surface area contributed by atoms with Gasteiger partial charge in [-0.05, 0) is 44.0 Å². The minimum absolute atomic E-state index is 0.0827. The van der Waals surface area contributed by atoms with Gasteiger partial charge in [0.2, 0.25) is 10.0 Å². The average molecular weight is 330 g/mol. The number of hydrogen-bond acceptors (Lipinski definition) is 4. The van der Waals surface area contributed by atoms with Gasteiger partial charge in [-0.2, -0.15) is 0 Å². The molecular weight excluding hydrogens is 307 g/mol. The smallest absolute Gasteiger partial charge is 0.243 e. The van der Waals surface area contributed by atoms with E-state index in [0.717, 1.165) is 25.8 Å². The number of sulfonamides is 1. The fraction of sp³-hybridized carbons (Fsp3) is 0.600. The van der Waals surface area contributed by atoms with Gasteiger partial charge >= 0.3 is 0 Å². The molecule has 2 N–H and O–H groups in total. The Kier molecular flexibility index (Phi) is 5.91. The molecule has 2 rings (SSSR count). The molecule has 1 aliphatic heterocycles. The van der Waals surface area contributed by atoms with Gasteiger partial charge in [-0.25, -0.2) is 17.5 Å². The van der Waals surface area contributed by atoms with Crippen molar-refractivity contribution in [2.45, 2.75) is 37.1 Å². The molecule has 1 fully saturated rings. The van der Waals surface area contributed by atoms with Crippen LogP contribution in [0.25, 0.3) is 0 Å². The van der Waals surface area contributed by atoms with Crippen molar-refractivity contribution >= 4 is 10.0 Å². The van der Waals surface area contributed by atoms with E-state index in [-0.39, 0.29) is 24.1 Å². The zero-order valence-corrected chi connectivity index (χ0v) is 13.6. The summed E-state index contributed by atoms with van der Waals surface area (Å²) < 4.78 is 40.5. The molecule has 0 spiro atoms. The summed E-state index contributed by atoms with van der Waals surface area (Å²) in [5.74, 6) is -0.737. The van der Waals surface area contributed by atoms with Crippen molar-refractivity contribution in [1.29, 1.82) is 0 Å². The van der Waals surface area contributed by atoms with E-state index >= 15 is 0 Å². The van der Waals surface area contributed by atoms with Gasteiger partial charge in [0.25, 0.3) is 0 Å². The van der Waals surface area contributed by atoms with Crippen LogP contribution in [-0.2, 0) is 10.0 Å². The number of nitrogens with one attached hydrogen (secondary N) is 1. The van der Waals surface area contributed by atoms with Crippen LogP contribution in [0.2, 0.25) is 0 Å². The minimum Gasteiger partial charge on any atom is -0.395 e.